The fraction of sp³-hybridized carbons (Fsp3) is 0.316. The topological polar surface area (TPSA) is 71.5 Å². The van der Waals surface area contributed by atoms with Crippen LogP contribution in [0, 0.1) is 0 Å². The predicted molar refractivity (Wildman–Crippen MR) is 105 cm³/mol. The van der Waals surface area contributed by atoms with E-state index in [9.17, 15) is 9.59 Å². The van der Waals surface area contributed by atoms with E-state index in [1.165, 1.54) is 0 Å². The summed E-state index contributed by atoms with van der Waals surface area (Å²) in [5.74, 6) is 0.565. The number of likely N-dealkylation sites (tertiary alicyclic amines) is 1. The lowest BCUT2D eigenvalue weighted by atomic mass is 10.0. The van der Waals surface area contributed by atoms with Crippen molar-refractivity contribution in [3.63, 3.8) is 0 Å². The molecule has 27 heavy (non-hydrogen) atoms. The monoisotopic (exact) mass is 403 g/mol. The minimum atomic E-state index is -0.0416. The van der Waals surface area contributed by atoms with Crippen LogP contribution in [0.5, 0.6) is 0 Å². The molecule has 2 aromatic rings. The zero-order chi connectivity index (χ0) is 18.8. The number of pyridine rings is 1. The molecule has 1 fully saturated rings. The third kappa shape index (κ3) is 4.37. The van der Waals surface area contributed by atoms with Gasteiger partial charge in [0.15, 0.2) is 0 Å². The third-order valence-corrected chi connectivity index (χ3v) is 5.79. The highest BCUT2D eigenvalue weighted by atomic mass is 35.5. The van der Waals surface area contributed by atoms with Gasteiger partial charge in [-0.2, -0.15) is 0 Å². The number of amides is 2. The highest BCUT2D eigenvalue weighted by Gasteiger charge is 2.30. The number of fused-ring (bicyclic) bond motifs is 1. The Kier molecular flexibility index (Phi) is 5.24. The number of thiophene rings is 1. The second kappa shape index (κ2) is 7.80. The second-order valence-corrected chi connectivity index (χ2v) is 8.00. The zero-order valence-corrected chi connectivity index (χ0v) is 16.1. The summed E-state index contributed by atoms with van der Waals surface area (Å²) in [5, 5.41) is 5.36. The molecule has 140 valence electrons. The van der Waals surface area contributed by atoms with E-state index >= 15 is 0 Å². The maximum absolute atomic E-state index is 12.2. The van der Waals surface area contributed by atoms with E-state index in [4.69, 9.17) is 16.3 Å². The predicted octanol–water partition coefficient (Wildman–Crippen LogP) is 3.12. The number of halogens is 1. The van der Waals surface area contributed by atoms with Crippen LogP contribution in [0.15, 0.2) is 29.8 Å². The summed E-state index contributed by atoms with van der Waals surface area (Å²) in [6, 6.07) is 3.86. The maximum Gasteiger partial charge on any atom is 0.246 e. The first-order valence-electron chi connectivity index (χ1n) is 8.67. The number of anilines is 1. The average Bonchev–Trinajstić information content (AvgIpc) is 3.03. The first-order valence-corrected chi connectivity index (χ1v) is 9.93. The van der Waals surface area contributed by atoms with Gasteiger partial charge in [0.1, 0.15) is 5.82 Å². The lowest BCUT2D eigenvalue weighted by Crippen LogP contribution is -2.54. The van der Waals surface area contributed by atoms with Gasteiger partial charge >= 0.3 is 0 Å². The van der Waals surface area contributed by atoms with Crippen molar-refractivity contribution in [1.29, 1.82) is 0 Å². The minimum Gasteiger partial charge on any atom is -0.369 e. The number of hydrogen-bond acceptors (Lipinski definition) is 5. The van der Waals surface area contributed by atoms with Crippen LogP contribution in [0.25, 0.3) is 6.08 Å². The molecule has 0 aliphatic carbocycles. The van der Waals surface area contributed by atoms with E-state index in [0.29, 0.717) is 38.4 Å². The first kappa shape index (κ1) is 18.2. The molecule has 0 unspecified atom stereocenters. The molecule has 0 saturated carbocycles. The third-order valence-electron chi connectivity index (χ3n) is 4.53. The SMILES string of the molecule is O=C1CCc2cc(/C=C/C(=O)N3CC(OCc4cc(Cl)cs4)C3)cnc2N1. The van der Waals surface area contributed by atoms with Crippen molar-refractivity contribution in [1.82, 2.24) is 9.88 Å². The summed E-state index contributed by atoms with van der Waals surface area (Å²) in [5.41, 5.74) is 1.84. The van der Waals surface area contributed by atoms with Crippen LogP contribution in [0.2, 0.25) is 5.02 Å². The van der Waals surface area contributed by atoms with Crippen molar-refractivity contribution in [2.75, 3.05) is 18.4 Å². The largest absolute Gasteiger partial charge is 0.369 e. The lowest BCUT2D eigenvalue weighted by Gasteiger charge is -2.38. The first-order chi connectivity index (χ1) is 13.1. The molecule has 2 aliphatic heterocycles. The van der Waals surface area contributed by atoms with E-state index in [1.807, 2.05) is 17.5 Å². The summed E-state index contributed by atoms with van der Waals surface area (Å²) < 4.78 is 5.78. The quantitative estimate of drug-likeness (QED) is 0.778. The molecule has 0 spiro atoms. The molecule has 6 nitrogen and oxygen atoms in total. The summed E-state index contributed by atoms with van der Waals surface area (Å²) >= 11 is 7.46. The molecule has 2 amide bonds. The Morgan fingerprint density at radius 1 is 1.41 bits per heavy atom. The molecule has 0 radical (unpaired) electrons. The molecule has 8 heteroatoms. The van der Waals surface area contributed by atoms with Crippen LogP contribution < -0.4 is 5.32 Å². The van der Waals surface area contributed by atoms with Crippen LogP contribution in [0.4, 0.5) is 5.82 Å². The van der Waals surface area contributed by atoms with Crippen molar-refractivity contribution in [3.05, 3.63) is 50.8 Å². The van der Waals surface area contributed by atoms with Crippen LogP contribution in [0.3, 0.4) is 0 Å². The number of nitrogens with one attached hydrogen (secondary N) is 1. The molecule has 1 saturated heterocycles. The summed E-state index contributed by atoms with van der Waals surface area (Å²) in [7, 11) is 0. The molecular weight excluding hydrogens is 386 g/mol. The van der Waals surface area contributed by atoms with Gasteiger partial charge in [0, 0.05) is 42.0 Å². The number of hydrogen-bond donors (Lipinski definition) is 1. The van der Waals surface area contributed by atoms with Gasteiger partial charge < -0.3 is 15.0 Å². The molecule has 1 N–H and O–H groups in total. The fourth-order valence-electron chi connectivity index (χ4n) is 2.99. The Morgan fingerprint density at radius 2 is 2.26 bits per heavy atom. The van der Waals surface area contributed by atoms with Gasteiger partial charge in [0.25, 0.3) is 0 Å². The lowest BCUT2D eigenvalue weighted by molar-refractivity contribution is -0.140. The zero-order valence-electron chi connectivity index (χ0n) is 14.5. The van der Waals surface area contributed by atoms with Crippen LogP contribution in [-0.2, 0) is 27.4 Å². The van der Waals surface area contributed by atoms with Crippen molar-refractivity contribution in [2.24, 2.45) is 0 Å². The Labute approximate surface area is 165 Å². The molecule has 0 bridgehead atoms. The molecule has 4 rings (SSSR count). The number of rotatable bonds is 5. The summed E-state index contributed by atoms with van der Waals surface area (Å²) in [6.07, 6.45) is 6.17. The fourth-order valence-corrected chi connectivity index (χ4v) is 3.98. The standard InChI is InChI=1S/C19H18ClN3O3S/c20-14-6-16(27-11-14)10-26-15-8-23(9-15)18(25)4-1-12-5-13-2-3-17(24)22-19(13)21-7-12/h1,4-7,11,15H,2-3,8-10H2,(H,21,22,24)/b4-1+. The van der Waals surface area contributed by atoms with Gasteiger partial charge in [-0.1, -0.05) is 11.6 Å². The van der Waals surface area contributed by atoms with Crippen LogP contribution >= 0.6 is 22.9 Å². The van der Waals surface area contributed by atoms with Gasteiger partial charge in [-0.05, 0) is 35.8 Å². The van der Waals surface area contributed by atoms with Crippen molar-refractivity contribution >= 4 is 46.6 Å². The average molecular weight is 404 g/mol. The highest BCUT2D eigenvalue weighted by molar-refractivity contribution is 7.10. The number of carbonyl (C=O) groups excluding carboxylic acids is 2. The van der Waals surface area contributed by atoms with Crippen molar-refractivity contribution in [3.8, 4) is 0 Å². The molecule has 0 aromatic carbocycles. The Balaban J connectivity index is 1.26. The Morgan fingerprint density at radius 3 is 3.04 bits per heavy atom. The molecular formula is C19H18ClN3O3S. The highest BCUT2D eigenvalue weighted by Crippen LogP contribution is 2.23. The van der Waals surface area contributed by atoms with Gasteiger partial charge in [0.2, 0.25) is 11.8 Å². The van der Waals surface area contributed by atoms with Crippen molar-refractivity contribution in [2.45, 2.75) is 25.6 Å². The van der Waals surface area contributed by atoms with Gasteiger partial charge in [0.05, 0.1) is 17.7 Å². The Bertz CT molecular complexity index is 905. The summed E-state index contributed by atoms with van der Waals surface area (Å²) in [4.78, 5) is 30.7. The molecule has 4 heterocycles. The second-order valence-electron chi connectivity index (χ2n) is 6.57. The van der Waals surface area contributed by atoms with E-state index in [-0.39, 0.29) is 17.9 Å². The van der Waals surface area contributed by atoms with Gasteiger partial charge in [-0.25, -0.2) is 4.98 Å². The van der Waals surface area contributed by atoms with E-state index < -0.39 is 0 Å². The molecule has 2 aromatic heterocycles. The van der Waals surface area contributed by atoms with E-state index in [0.717, 1.165) is 21.0 Å². The number of ether oxygens (including phenoxy) is 1. The normalized spacial score (nSPS) is 16.9. The molecule has 2 aliphatic rings. The van der Waals surface area contributed by atoms with Crippen molar-refractivity contribution < 1.29 is 14.3 Å². The molecule has 0 atom stereocenters. The van der Waals surface area contributed by atoms with E-state index in [1.54, 1.807) is 34.6 Å². The van der Waals surface area contributed by atoms with Crippen LogP contribution in [0.1, 0.15) is 22.4 Å². The van der Waals surface area contributed by atoms with Gasteiger partial charge in [-0.3, -0.25) is 9.59 Å². The summed E-state index contributed by atoms with van der Waals surface area (Å²) in [6.45, 7) is 1.71. The number of carbonyl (C=O) groups is 2. The maximum atomic E-state index is 12.2. The minimum absolute atomic E-state index is 0.00907. The number of aryl methyl sites for hydroxylation is 1. The van der Waals surface area contributed by atoms with Gasteiger partial charge in [-0.15, -0.1) is 11.3 Å². The van der Waals surface area contributed by atoms with Crippen LogP contribution in [-0.4, -0.2) is 40.9 Å². The smallest absolute Gasteiger partial charge is 0.246 e. The van der Waals surface area contributed by atoms with E-state index in [2.05, 4.69) is 10.3 Å². The Hall–Kier alpha value is -2.22. The number of nitrogens with zero attached hydrogens (tertiary/aromatic N) is 2. The number of aromatic nitrogens is 1.